The highest BCUT2D eigenvalue weighted by molar-refractivity contribution is 6.06. The Hall–Kier alpha value is -2.55. The Morgan fingerprint density at radius 1 is 0.512 bits per heavy atom. The molecular weight excluding hydrogens is 504 g/mol. The molecule has 0 radical (unpaired) electrons. The first-order valence-corrected chi connectivity index (χ1v) is 16.9. The topological polar surface area (TPSA) is 35.5 Å². The van der Waals surface area contributed by atoms with Crippen LogP contribution in [0.1, 0.15) is 152 Å². The lowest BCUT2D eigenvalue weighted by molar-refractivity contribution is 0.104. The van der Waals surface area contributed by atoms with Gasteiger partial charge >= 0.3 is 0 Å². The van der Waals surface area contributed by atoms with E-state index in [2.05, 4.69) is 13.8 Å². The van der Waals surface area contributed by atoms with Gasteiger partial charge in [0.05, 0.1) is 13.2 Å². The van der Waals surface area contributed by atoms with Crippen LogP contribution in [0.5, 0.6) is 11.5 Å². The van der Waals surface area contributed by atoms with E-state index >= 15 is 0 Å². The van der Waals surface area contributed by atoms with Crippen molar-refractivity contribution in [3.05, 3.63) is 65.7 Å². The van der Waals surface area contributed by atoms with E-state index in [1.165, 1.54) is 109 Å². The third-order valence-electron chi connectivity index (χ3n) is 7.73. The normalized spacial score (nSPS) is 11.3. The molecule has 2 aromatic carbocycles. The summed E-state index contributed by atoms with van der Waals surface area (Å²) in [6.45, 7) is 5.97. The Balaban J connectivity index is 1.47. The van der Waals surface area contributed by atoms with E-state index in [1.54, 1.807) is 6.08 Å². The smallest absolute Gasteiger partial charge is 0.185 e. The van der Waals surface area contributed by atoms with Crippen LogP contribution in [0.4, 0.5) is 0 Å². The van der Waals surface area contributed by atoms with Crippen molar-refractivity contribution in [3.63, 3.8) is 0 Å². The molecule has 0 atom stereocenters. The largest absolute Gasteiger partial charge is 0.494 e. The minimum Gasteiger partial charge on any atom is -0.494 e. The summed E-state index contributed by atoms with van der Waals surface area (Å²) in [6.07, 6.45) is 28.9. The lowest BCUT2D eigenvalue weighted by atomic mass is 10.0. The third kappa shape index (κ3) is 17.8. The predicted octanol–water partition coefficient (Wildman–Crippen LogP) is 11.8. The molecule has 0 aliphatic carbocycles. The van der Waals surface area contributed by atoms with E-state index in [4.69, 9.17) is 9.47 Å². The number of unbranched alkanes of at least 4 members (excludes halogenated alkanes) is 17. The first-order chi connectivity index (χ1) is 20.2. The first-order valence-electron chi connectivity index (χ1n) is 16.9. The van der Waals surface area contributed by atoms with Crippen molar-refractivity contribution in [1.29, 1.82) is 0 Å². The maximum Gasteiger partial charge on any atom is 0.185 e. The molecule has 0 unspecified atom stereocenters. The molecule has 0 saturated heterocycles. The van der Waals surface area contributed by atoms with Gasteiger partial charge in [0.2, 0.25) is 0 Å². The van der Waals surface area contributed by atoms with Gasteiger partial charge in [-0.25, -0.2) is 0 Å². The number of ketones is 1. The van der Waals surface area contributed by atoms with Gasteiger partial charge in [-0.2, -0.15) is 0 Å². The van der Waals surface area contributed by atoms with Crippen LogP contribution in [-0.4, -0.2) is 19.0 Å². The summed E-state index contributed by atoms with van der Waals surface area (Å²) in [7, 11) is 0. The molecule has 3 nitrogen and oxygen atoms in total. The molecule has 2 rings (SSSR count). The number of ether oxygens (including phenoxy) is 2. The van der Waals surface area contributed by atoms with Gasteiger partial charge in [-0.3, -0.25) is 4.79 Å². The third-order valence-corrected chi connectivity index (χ3v) is 7.73. The Morgan fingerprint density at radius 2 is 0.878 bits per heavy atom. The molecule has 0 spiro atoms. The van der Waals surface area contributed by atoms with Crippen molar-refractivity contribution in [2.45, 2.75) is 136 Å². The molecule has 3 heteroatoms. The fraction of sp³-hybridized carbons (Fsp3) is 0.605. The first kappa shape index (κ1) is 34.7. The zero-order chi connectivity index (χ0) is 29.2. The summed E-state index contributed by atoms with van der Waals surface area (Å²) in [4.78, 5) is 12.6. The van der Waals surface area contributed by atoms with Crippen LogP contribution in [0.2, 0.25) is 0 Å². The molecule has 0 aliphatic heterocycles. The van der Waals surface area contributed by atoms with Gasteiger partial charge < -0.3 is 9.47 Å². The second-order valence-corrected chi connectivity index (χ2v) is 11.5. The van der Waals surface area contributed by atoms with E-state index in [1.807, 2.05) is 54.6 Å². The molecular formula is C38H58O3. The average Bonchev–Trinajstić information content (AvgIpc) is 3.00. The zero-order valence-corrected chi connectivity index (χ0v) is 26.3. The maximum atomic E-state index is 12.6. The maximum absolute atomic E-state index is 12.6. The minimum atomic E-state index is -0.00533. The van der Waals surface area contributed by atoms with E-state index in [0.717, 1.165) is 43.1 Å². The number of allylic oxidation sites excluding steroid dienone is 1. The van der Waals surface area contributed by atoms with Crippen LogP contribution < -0.4 is 9.47 Å². The average molecular weight is 563 g/mol. The summed E-state index contributed by atoms with van der Waals surface area (Å²) < 4.78 is 11.7. The van der Waals surface area contributed by atoms with Gasteiger partial charge in [-0.1, -0.05) is 141 Å². The Bertz CT molecular complexity index is 914. The molecule has 2 aromatic rings. The van der Waals surface area contributed by atoms with Crippen LogP contribution in [0.3, 0.4) is 0 Å². The van der Waals surface area contributed by atoms with Crippen molar-refractivity contribution in [2.24, 2.45) is 0 Å². The quantitative estimate of drug-likeness (QED) is 0.0650. The van der Waals surface area contributed by atoms with E-state index < -0.39 is 0 Å². The highest BCUT2D eigenvalue weighted by Crippen LogP contribution is 2.17. The van der Waals surface area contributed by atoms with Crippen LogP contribution in [-0.2, 0) is 0 Å². The highest BCUT2D eigenvalue weighted by atomic mass is 16.5. The number of hydrogen-bond acceptors (Lipinski definition) is 3. The van der Waals surface area contributed by atoms with Gasteiger partial charge in [-0.05, 0) is 60.9 Å². The van der Waals surface area contributed by atoms with Crippen LogP contribution in [0.25, 0.3) is 6.08 Å². The fourth-order valence-electron chi connectivity index (χ4n) is 5.04. The van der Waals surface area contributed by atoms with Gasteiger partial charge in [-0.15, -0.1) is 0 Å². The molecule has 0 N–H and O–H groups in total. The van der Waals surface area contributed by atoms with Gasteiger partial charge in [0.15, 0.2) is 5.78 Å². The van der Waals surface area contributed by atoms with Crippen molar-refractivity contribution < 1.29 is 14.3 Å². The molecule has 0 heterocycles. The van der Waals surface area contributed by atoms with Gasteiger partial charge in [0, 0.05) is 5.56 Å². The Kier molecular flexibility index (Phi) is 20.4. The molecule has 228 valence electrons. The minimum absolute atomic E-state index is 0.00533. The standard InChI is InChI=1S/C38H58O3/c1-3-5-7-8-9-10-11-12-13-14-15-16-17-18-19-21-33-41-37-29-25-35(26-30-37)38(39)31-24-34-22-27-36(28-23-34)40-32-20-6-4-2/h22-31H,3-21,32-33H2,1-2H3/b31-24+. The zero-order valence-electron chi connectivity index (χ0n) is 26.3. The monoisotopic (exact) mass is 562 g/mol. The summed E-state index contributed by atoms with van der Waals surface area (Å²) in [6, 6.07) is 15.4. The number of benzene rings is 2. The van der Waals surface area contributed by atoms with Crippen LogP contribution in [0, 0.1) is 0 Å². The van der Waals surface area contributed by atoms with Crippen LogP contribution in [0.15, 0.2) is 54.6 Å². The van der Waals surface area contributed by atoms with Crippen molar-refractivity contribution >= 4 is 11.9 Å². The lowest BCUT2D eigenvalue weighted by Gasteiger charge is -2.07. The molecule has 41 heavy (non-hydrogen) atoms. The van der Waals surface area contributed by atoms with E-state index in [9.17, 15) is 4.79 Å². The molecule has 0 fully saturated rings. The highest BCUT2D eigenvalue weighted by Gasteiger charge is 2.03. The van der Waals surface area contributed by atoms with Crippen molar-refractivity contribution in [1.82, 2.24) is 0 Å². The second kappa shape index (κ2) is 24.1. The van der Waals surface area contributed by atoms with Crippen molar-refractivity contribution in [3.8, 4) is 11.5 Å². The van der Waals surface area contributed by atoms with Gasteiger partial charge in [0.1, 0.15) is 11.5 Å². The summed E-state index contributed by atoms with van der Waals surface area (Å²) in [5.74, 6) is 1.70. The molecule has 0 amide bonds. The number of carbonyl (C=O) groups excluding carboxylic acids is 1. The van der Waals surface area contributed by atoms with Gasteiger partial charge in [0.25, 0.3) is 0 Å². The molecule has 0 saturated carbocycles. The summed E-state index contributed by atoms with van der Waals surface area (Å²) in [5, 5.41) is 0. The predicted molar refractivity (Wildman–Crippen MR) is 176 cm³/mol. The molecule has 0 aliphatic rings. The fourth-order valence-corrected chi connectivity index (χ4v) is 5.04. The van der Waals surface area contributed by atoms with E-state index in [-0.39, 0.29) is 5.78 Å². The van der Waals surface area contributed by atoms with Crippen LogP contribution >= 0.6 is 0 Å². The summed E-state index contributed by atoms with van der Waals surface area (Å²) >= 11 is 0. The van der Waals surface area contributed by atoms with E-state index in [0.29, 0.717) is 5.56 Å². The number of hydrogen-bond donors (Lipinski definition) is 0. The van der Waals surface area contributed by atoms with Crippen molar-refractivity contribution in [2.75, 3.05) is 13.2 Å². The number of rotatable bonds is 26. The Morgan fingerprint density at radius 3 is 1.34 bits per heavy atom. The Labute approximate surface area is 252 Å². The molecule has 0 bridgehead atoms. The number of carbonyl (C=O) groups is 1. The lowest BCUT2D eigenvalue weighted by Crippen LogP contribution is -1.99. The molecule has 0 aromatic heterocycles. The summed E-state index contributed by atoms with van der Waals surface area (Å²) in [5.41, 5.74) is 1.66. The SMILES string of the molecule is CCCCCCCCCCCCCCCCCCOc1ccc(C(=O)/C=C/c2ccc(OCCCCC)cc2)cc1. The second-order valence-electron chi connectivity index (χ2n) is 11.5.